The quantitative estimate of drug-likeness (QED) is 0.456. The molecule has 168 valence electrons. The maximum absolute atomic E-state index is 12.4. The van der Waals surface area contributed by atoms with Crippen molar-refractivity contribution in [3.8, 4) is 17.1 Å². The van der Waals surface area contributed by atoms with Crippen LogP contribution in [0.3, 0.4) is 0 Å². The minimum Gasteiger partial charge on any atom is -0.496 e. The van der Waals surface area contributed by atoms with Crippen molar-refractivity contribution in [3.63, 3.8) is 0 Å². The fourth-order valence-electron chi connectivity index (χ4n) is 2.87. The maximum Gasteiger partial charge on any atom is 0.325 e. The smallest absolute Gasteiger partial charge is 0.325 e. The van der Waals surface area contributed by atoms with E-state index in [4.69, 9.17) is 13.9 Å². The van der Waals surface area contributed by atoms with E-state index >= 15 is 0 Å². The third-order valence-electron chi connectivity index (χ3n) is 4.13. The summed E-state index contributed by atoms with van der Waals surface area (Å²) < 4.78 is 16.0. The molecule has 0 spiro atoms. The van der Waals surface area contributed by atoms with Gasteiger partial charge in [-0.05, 0) is 51.1 Å². The Labute approximate surface area is 186 Å². The Morgan fingerprint density at radius 2 is 1.75 bits per heavy atom. The van der Waals surface area contributed by atoms with E-state index in [-0.39, 0.29) is 12.5 Å². The average Bonchev–Trinajstić information content (AvgIpc) is 3.26. The Hall–Kier alpha value is -4.01. The molecule has 0 radical (unpaired) electrons. The second kappa shape index (κ2) is 9.86. The SMILES string of the molecule is COc1cc(NC(=O)Nc2cccc(NCC(=O)OC(C)(C)C)c2)ccc1-c1cnco1. The molecular weight excluding hydrogens is 412 g/mol. The number of anilines is 3. The normalized spacial score (nSPS) is 10.9. The molecule has 3 N–H and O–H groups in total. The summed E-state index contributed by atoms with van der Waals surface area (Å²) in [4.78, 5) is 28.2. The van der Waals surface area contributed by atoms with Crippen molar-refractivity contribution in [1.29, 1.82) is 0 Å². The second-order valence-corrected chi connectivity index (χ2v) is 7.88. The van der Waals surface area contributed by atoms with Crippen LogP contribution in [0.4, 0.5) is 21.9 Å². The standard InChI is InChI=1S/C23H26N4O5/c1-23(2,3)32-21(28)13-25-15-6-5-7-16(10-15)26-22(29)27-17-8-9-18(19(11-17)30-4)20-12-24-14-31-20/h5-12,14,25H,13H2,1-4H3,(H2,26,27,29). The van der Waals surface area contributed by atoms with Crippen LogP contribution in [-0.2, 0) is 9.53 Å². The summed E-state index contributed by atoms with van der Waals surface area (Å²) in [5.74, 6) is 0.734. The molecule has 32 heavy (non-hydrogen) atoms. The van der Waals surface area contributed by atoms with Crippen LogP contribution in [0.5, 0.6) is 5.75 Å². The van der Waals surface area contributed by atoms with Gasteiger partial charge in [-0.2, -0.15) is 0 Å². The second-order valence-electron chi connectivity index (χ2n) is 7.88. The van der Waals surface area contributed by atoms with Gasteiger partial charge in [-0.1, -0.05) is 6.07 Å². The molecule has 3 rings (SSSR count). The van der Waals surface area contributed by atoms with Crippen molar-refractivity contribution in [2.24, 2.45) is 0 Å². The molecule has 2 aromatic carbocycles. The van der Waals surface area contributed by atoms with Crippen LogP contribution < -0.4 is 20.7 Å². The first-order valence-corrected chi connectivity index (χ1v) is 9.94. The van der Waals surface area contributed by atoms with Crippen LogP contribution in [-0.4, -0.2) is 36.2 Å². The molecule has 0 atom stereocenters. The van der Waals surface area contributed by atoms with Gasteiger partial charge in [0.15, 0.2) is 12.2 Å². The number of amides is 2. The zero-order valence-corrected chi connectivity index (χ0v) is 18.4. The van der Waals surface area contributed by atoms with Crippen molar-refractivity contribution < 1.29 is 23.5 Å². The van der Waals surface area contributed by atoms with Crippen molar-refractivity contribution in [2.75, 3.05) is 29.6 Å². The third-order valence-corrected chi connectivity index (χ3v) is 4.13. The zero-order chi connectivity index (χ0) is 23.1. The molecule has 0 bridgehead atoms. The Balaban J connectivity index is 1.59. The van der Waals surface area contributed by atoms with Gasteiger partial charge in [0.05, 0.1) is 18.9 Å². The van der Waals surface area contributed by atoms with Crippen LogP contribution in [0.15, 0.2) is 59.5 Å². The molecule has 0 fully saturated rings. The average molecular weight is 438 g/mol. The third kappa shape index (κ3) is 6.49. The predicted octanol–water partition coefficient (Wildman–Crippen LogP) is 4.75. The Morgan fingerprint density at radius 3 is 2.41 bits per heavy atom. The lowest BCUT2D eigenvalue weighted by molar-refractivity contribution is -0.152. The topological polar surface area (TPSA) is 115 Å². The number of ether oxygens (including phenoxy) is 2. The van der Waals surface area contributed by atoms with Gasteiger partial charge in [0.1, 0.15) is 17.9 Å². The molecule has 0 aliphatic rings. The van der Waals surface area contributed by atoms with Crippen LogP contribution in [0, 0.1) is 0 Å². The molecule has 9 nitrogen and oxygen atoms in total. The number of urea groups is 1. The van der Waals surface area contributed by atoms with Gasteiger partial charge in [-0.25, -0.2) is 9.78 Å². The fourth-order valence-corrected chi connectivity index (χ4v) is 2.87. The Kier molecular flexibility index (Phi) is 6.99. The largest absolute Gasteiger partial charge is 0.496 e. The van der Waals surface area contributed by atoms with Gasteiger partial charge >= 0.3 is 12.0 Å². The van der Waals surface area contributed by atoms with Gasteiger partial charge in [-0.15, -0.1) is 0 Å². The summed E-state index contributed by atoms with van der Waals surface area (Å²) in [6.45, 7) is 5.45. The van der Waals surface area contributed by atoms with Gasteiger partial charge in [0.25, 0.3) is 0 Å². The van der Waals surface area contributed by atoms with Crippen molar-refractivity contribution in [1.82, 2.24) is 4.98 Å². The molecule has 1 aromatic heterocycles. The first kappa shape index (κ1) is 22.7. The van der Waals surface area contributed by atoms with Crippen molar-refractivity contribution in [2.45, 2.75) is 26.4 Å². The molecule has 9 heteroatoms. The first-order valence-electron chi connectivity index (χ1n) is 9.94. The Bertz CT molecular complexity index is 1070. The number of hydrogen-bond acceptors (Lipinski definition) is 7. The van der Waals surface area contributed by atoms with Crippen LogP contribution in [0.1, 0.15) is 20.8 Å². The summed E-state index contributed by atoms with van der Waals surface area (Å²) in [7, 11) is 1.54. The first-order chi connectivity index (χ1) is 15.2. The minimum atomic E-state index is -0.546. The number of oxazole rings is 1. The highest BCUT2D eigenvalue weighted by atomic mass is 16.6. The van der Waals surface area contributed by atoms with Crippen LogP contribution >= 0.6 is 0 Å². The van der Waals surface area contributed by atoms with E-state index in [2.05, 4.69) is 20.9 Å². The monoisotopic (exact) mass is 438 g/mol. The van der Waals surface area contributed by atoms with E-state index in [1.54, 1.807) is 48.7 Å². The molecule has 2 amide bonds. The van der Waals surface area contributed by atoms with Gasteiger partial charge in [-0.3, -0.25) is 4.79 Å². The summed E-state index contributed by atoms with van der Waals surface area (Å²) >= 11 is 0. The number of esters is 1. The highest BCUT2D eigenvalue weighted by Gasteiger charge is 2.16. The number of nitrogens with zero attached hydrogens (tertiary/aromatic N) is 1. The van der Waals surface area contributed by atoms with E-state index in [0.717, 1.165) is 5.56 Å². The van der Waals surface area contributed by atoms with Crippen molar-refractivity contribution >= 4 is 29.1 Å². The van der Waals surface area contributed by atoms with Crippen LogP contribution in [0.25, 0.3) is 11.3 Å². The Morgan fingerprint density at radius 1 is 1.03 bits per heavy atom. The number of benzene rings is 2. The van der Waals surface area contributed by atoms with E-state index in [0.29, 0.717) is 28.6 Å². The molecule has 0 saturated carbocycles. The lowest BCUT2D eigenvalue weighted by atomic mass is 10.1. The van der Waals surface area contributed by atoms with Gasteiger partial charge in [0.2, 0.25) is 0 Å². The number of methoxy groups -OCH3 is 1. The van der Waals surface area contributed by atoms with E-state index in [1.807, 2.05) is 20.8 Å². The maximum atomic E-state index is 12.4. The van der Waals surface area contributed by atoms with E-state index in [1.165, 1.54) is 13.5 Å². The zero-order valence-electron chi connectivity index (χ0n) is 18.4. The summed E-state index contributed by atoms with van der Waals surface area (Å²) in [5, 5.41) is 8.51. The molecule has 1 heterocycles. The van der Waals surface area contributed by atoms with E-state index < -0.39 is 11.6 Å². The number of rotatable bonds is 7. The highest BCUT2D eigenvalue weighted by molar-refractivity contribution is 6.00. The highest BCUT2D eigenvalue weighted by Crippen LogP contribution is 2.32. The molecular formula is C23H26N4O5. The fraction of sp³-hybridized carbons (Fsp3) is 0.261. The molecule has 0 aliphatic carbocycles. The molecule has 3 aromatic rings. The molecule has 0 unspecified atom stereocenters. The number of carbonyl (C=O) groups excluding carboxylic acids is 2. The minimum absolute atomic E-state index is 0.0181. The lowest BCUT2D eigenvalue weighted by Gasteiger charge is -2.19. The number of hydrogen-bond donors (Lipinski definition) is 3. The predicted molar refractivity (Wildman–Crippen MR) is 122 cm³/mol. The summed E-state index contributed by atoms with van der Waals surface area (Å²) in [6.07, 6.45) is 2.92. The van der Waals surface area contributed by atoms with Crippen LogP contribution in [0.2, 0.25) is 0 Å². The molecule has 0 aliphatic heterocycles. The van der Waals surface area contributed by atoms with Gasteiger partial charge in [0, 0.05) is 23.1 Å². The summed E-state index contributed by atoms with van der Waals surface area (Å²) in [6, 6.07) is 11.8. The van der Waals surface area contributed by atoms with Crippen molar-refractivity contribution in [3.05, 3.63) is 55.1 Å². The molecule has 0 saturated heterocycles. The van der Waals surface area contributed by atoms with E-state index in [9.17, 15) is 9.59 Å². The van der Waals surface area contributed by atoms with Gasteiger partial charge < -0.3 is 29.8 Å². The summed E-state index contributed by atoms with van der Waals surface area (Å²) in [5.41, 5.74) is 1.95. The number of carbonyl (C=O) groups is 2. The number of aromatic nitrogens is 1. The number of nitrogens with one attached hydrogen (secondary N) is 3. The lowest BCUT2D eigenvalue weighted by Crippen LogP contribution is -2.28.